The highest BCUT2D eigenvalue weighted by Crippen LogP contribution is 2.23. The number of amides is 1. The quantitative estimate of drug-likeness (QED) is 0.918. The molecule has 5 nitrogen and oxygen atoms in total. The predicted molar refractivity (Wildman–Crippen MR) is 80.1 cm³/mol. The second-order valence-electron chi connectivity index (χ2n) is 4.87. The number of carbonyl (C=O) groups excluding carboxylic acids is 1. The van der Waals surface area contributed by atoms with Crippen molar-refractivity contribution >= 4 is 5.91 Å². The van der Waals surface area contributed by atoms with Crippen molar-refractivity contribution in [2.75, 3.05) is 14.2 Å². The normalized spacial score (nSPS) is 12.0. The second kappa shape index (κ2) is 6.45. The topological polar surface area (TPSA) is 68.7 Å². The Morgan fingerprint density at radius 2 is 2.05 bits per heavy atom. The van der Waals surface area contributed by atoms with E-state index in [0.29, 0.717) is 11.3 Å². The van der Waals surface area contributed by atoms with Crippen LogP contribution in [0.4, 0.5) is 0 Å². The van der Waals surface area contributed by atoms with Gasteiger partial charge in [-0.1, -0.05) is 12.1 Å². The number of hydrogen-bond acceptors (Lipinski definition) is 4. The van der Waals surface area contributed by atoms with Crippen LogP contribution in [0.5, 0.6) is 5.75 Å². The lowest BCUT2D eigenvalue weighted by atomic mass is 10.1. The monoisotopic (exact) mass is 288 g/mol. The lowest BCUT2D eigenvalue weighted by molar-refractivity contribution is 0.0742. The van der Waals surface area contributed by atoms with Crippen molar-refractivity contribution in [1.29, 1.82) is 0 Å². The Morgan fingerprint density at radius 1 is 1.38 bits per heavy atom. The van der Waals surface area contributed by atoms with Crippen LogP contribution in [0.3, 0.4) is 0 Å². The van der Waals surface area contributed by atoms with Gasteiger partial charge in [-0.15, -0.1) is 0 Å². The number of rotatable bonds is 5. The van der Waals surface area contributed by atoms with E-state index in [-0.39, 0.29) is 18.5 Å². The van der Waals surface area contributed by atoms with E-state index in [2.05, 4.69) is 0 Å². The number of ether oxygens (including phenoxy) is 1. The van der Waals surface area contributed by atoms with E-state index < -0.39 is 0 Å². The van der Waals surface area contributed by atoms with Crippen LogP contribution in [0, 0.1) is 0 Å². The summed E-state index contributed by atoms with van der Waals surface area (Å²) in [6.07, 6.45) is 1.45. The zero-order valence-corrected chi connectivity index (χ0v) is 12.5. The molecule has 2 rings (SSSR count). The molecule has 0 aliphatic heterocycles. The fraction of sp³-hybridized carbons (Fsp3) is 0.312. The summed E-state index contributed by atoms with van der Waals surface area (Å²) in [5.41, 5.74) is 7.04. The standard InChI is InChI=1S/C16H20N2O3/c1-11(12-4-6-14(20-3)7-5-12)18(2)16(19)13-8-15(9-17)21-10-13/h4-8,10-11H,9,17H2,1-3H3. The van der Waals surface area contributed by atoms with Crippen LogP contribution in [0.25, 0.3) is 0 Å². The third-order valence-electron chi connectivity index (χ3n) is 3.60. The second-order valence-corrected chi connectivity index (χ2v) is 4.87. The molecule has 2 N–H and O–H groups in total. The van der Waals surface area contributed by atoms with Gasteiger partial charge in [-0.25, -0.2) is 0 Å². The minimum Gasteiger partial charge on any atom is -0.497 e. The highest BCUT2D eigenvalue weighted by molar-refractivity contribution is 5.94. The van der Waals surface area contributed by atoms with Crippen molar-refractivity contribution in [2.24, 2.45) is 5.73 Å². The number of methoxy groups -OCH3 is 1. The summed E-state index contributed by atoms with van der Waals surface area (Å²) in [5, 5.41) is 0. The van der Waals surface area contributed by atoms with Crippen LogP contribution in [0.2, 0.25) is 0 Å². The molecule has 0 saturated carbocycles. The Labute approximate surface area is 124 Å². The molecule has 0 aliphatic rings. The maximum atomic E-state index is 12.4. The molecule has 0 bridgehead atoms. The molecule has 1 amide bonds. The van der Waals surface area contributed by atoms with Crippen LogP contribution >= 0.6 is 0 Å². The van der Waals surface area contributed by atoms with E-state index in [9.17, 15) is 4.79 Å². The van der Waals surface area contributed by atoms with Crippen molar-refractivity contribution in [2.45, 2.75) is 19.5 Å². The number of furan rings is 1. The Morgan fingerprint density at radius 3 is 2.57 bits per heavy atom. The molecule has 0 radical (unpaired) electrons. The van der Waals surface area contributed by atoms with Crippen molar-refractivity contribution < 1.29 is 13.9 Å². The van der Waals surface area contributed by atoms with Gasteiger partial charge < -0.3 is 19.8 Å². The number of carbonyl (C=O) groups is 1. The van der Waals surface area contributed by atoms with E-state index in [1.54, 1.807) is 25.1 Å². The number of benzene rings is 1. The lowest BCUT2D eigenvalue weighted by Crippen LogP contribution is -2.29. The van der Waals surface area contributed by atoms with Crippen molar-refractivity contribution in [3.05, 3.63) is 53.5 Å². The van der Waals surface area contributed by atoms with Gasteiger partial charge in [0.25, 0.3) is 5.91 Å². The summed E-state index contributed by atoms with van der Waals surface area (Å²) in [4.78, 5) is 14.1. The average Bonchev–Trinajstić information content (AvgIpc) is 3.02. The fourth-order valence-corrected chi connectivity index (χ4v) is 2.09. The Kier molecular flexibility index (Phi) is 4.65. The first-order chi connectivity index (χ1) is 10.1. The van der Waals surface area contributed by atoms with Crippen molar-refractivity contribution in [3.8, 4) is 5.75 Å². The van der Waals surface area contributed by atoms with E-state index in [4.69, 9.17) is 14.9 Å². The molecular formula is C16H20N2O3. The first-order valence-electron chi connectivity index (χ1n) is 6.75. The molecule has 0 spiro atoms. The maximum Gasteiger partial charge on any atom is 0.257 e. The van der Waals surface area contributed by atoms with Gasteiger partial charge in [0.15, 0.2) is 0 Å². The van der Waals surface area contributed by atoms with Gasteiger partial charge in [0.2, 0.25) is 0 Å². The van der Waals surface area contributed by atoms with Crippen LogP contribution in [-0.2, 0) is 6.54 Å². The van der Waals surface area contributed by atoms with Crippen molar-refractivity contribution in [3.63, 3.8) is 0 Å². The Hall–Kier alpha value is -2.27. The molecule has 21 heavy (non-hydrogen) atoms. The predicted octanol–water partition coefficient (Wildman–Crippen LogP) is 2.58. The Bertz CT molecular complexity index is 604. The summed E-state index contributed by atoms with van der Waals surface area (Å²) in [5.74, 6) is 1.30. The number of nitrogens with zero attached hydrogens (tertiary/aromatic N) is 1. The summed E-state index contributed by atoms with van der Waals surface area (Å²) in [6.45, 7) is 2.26. The van der Waals surface area contributed by atoms with E-state index in [0.717, 1.165) is 11.3 Å². The molecule has 0 aliphatic carbocycles. The molecule has 1 aromatic heterocycles. The number of nitrogens with two attached hydrogens (primary N) is 1. The lowest BCUT2D eigenvalue weighted by Gasteiger charge is -2.25. The molecule has 2 aromatic rings. The smallest absolute Gasteiger partial charge is 0.257 e. The fourth-order valence-electron chi connectivity index (χ4n) is 2.09. The average molecular weight is 288 g/mol. The first kappa shape index (κ1) is 15.1. The van der Waals surface area contributed by atoms with Gasteiger partial charge in [-0.3, -0.25) is 4.79 Å². The van der Waals surface area contributed by atoms with Crippen LogP contribution in [-0.4, -0.2) is 25.0 Å². The van der Waals surface area contributed by atoms with Crippen LogP contribution in [0.15, 0.2) is 41.0 Å². The molecule has 112 valence electrons. The van der Waals surface area contributed by atoms with Crippen molar-refractivity contribution in [1.82, 2.24) is 4.90 Å². The molecule has 0 saturated heterocycles. The van der Waals surface area contributed by atoms with Crippen LogP contribution < -0.4 is 10.5 Å². The van der Waals surface area contributed by atoms with Gasteiger partial charge >= 0.3 is 0 Å². The summed E-state index contributed by atoms with van der Waals surface area (Å²) in [7, 11) is 3.40. The van der Waals surface area contributed by atoms with Gasteiger partial charge in [0.1, 0.15) is 17.8 Å². The van der Waals surface area contributed by atoms with Gasteiger partial charge in [-0.05, 0) is 30.7 Å². The zero-order valence-electron chi connectivity index (χ0n) is 12.5. The summed E-state index contributed by atoms with van der Waals surface area (Å²) >= 11 is 0. The van der Waals surface area contributed by atoms with Crippen LogP contribution in [0.1, 0.15) is 34.6 Å². The summed E-state index contributed by atoms with van der Waals surface area (Å²) in [6, 6.07) is 9.30. The van der Waals surface area contributed by atoms with E-state index in [1.165, 1.54) is 6.26 Å². The highest BCUT2D eigenvalue weighted by Gasteiger charge is 2.20. The third-order valence-corrected chi connectivity index (χ3v) is 3.60. The maximum absolute atomic E-state index is 12.4. The molecular weight excluding hydrogens is 268 g/mol. The molecule has 1 heterocycles. The van der Waals surface area contributed by atoms with E-state index >= 15 is 0 Å². The molecule has 0 fully saturated rings. The minimum absolute atomic E-state index is 0.0559. The summed E-state index contributed by atoms with van der Waals surface area (Å²) < 4.78 is 10.3. The first-order valence-corrected chi connectivity index (χ1v) is 6.75. The van der Waals surface area contributed by atoms with Gasteiger partial charge in [0.05, 0.1) is 25.3 Å². The Balaban J connectivity index is 2.13. The zero-order chi connectivity index (χ0) is 15.4. The molecule has 1 aromatic carbocycles. The number of hydrogen-bond donors (Lipinski definition) is 1. The minimum atomic E-state index is -0.0956. The van der Waals surface area contributed by atoms with Gasteiger partial charge in [-0.2, -0.15) is 0 Å². The highest BCUT2D eigenvalue weighted by atomic mass is 16.5. The molecule has 5 heteroatoms. The largest absolute Gasteiger partial charge is 0.497 e. The third kappa shape index (κ3) is 3.25. The van der Waals surface area contributed by atoms with Gasteiger partial charge in [0, 0.05) is 7.05 Å². The SMILES string of the molecule is COc1ccc(C(C)N(C)C(=O)c2coc(CN)c2)cc1. The van der Waals surface area contributed by atoms with E-state index in [1.807, 2.05) is 31.2 Å². The molecule has 1 unspecified atom stereocenters. The molecule has 1 atom stereocenters.